The lowest BCUT2D eigenvalue weighted by atomic mass is 10.0. The van der Waals surface area contributed by atoms with Gasteiger partial charge < -0.3 is 10.1 Å². The van der Waals surface area contributed by atoms with Gasteiger partial charge in [-0.15, -0.1) is 0 Å². The van der Waals surface area contributed by atoms with Crippen LogP contribution < -0.4 is 5.32 Å². The van der Waals surface area contributed by atoms with E-state index in [2.05, 4.69) is 10.1 Å². The maximum absolute atomic E-state index is 12.1. The number of nitrogens with one attached hydrogen (secondary N) is 1. The monoisotopic (exact) mass is 313 g/mol. The predicted octanol–water partition coefficient (Wildman–Crippen LogP) is 1.54. The molecule has 1 aromatic carbocycles. The van der Waals surface area contributed by atoms with Gasteiger partial charge in [0.15, 0.2) is 9.84 Å². The van der Waals surface area contributed by atoms with Gasteiger partial charge in [0.05, 0.1) is 12.9 Å². The van der Waals surface area contributed by atoms with E-state index in [0.717, 1.165) is 16.7 Å². The molecule has 5 nitrogen and oxygen atoms in total. The summed E-state index contributed by atoms with van der Waals surface area (Å²) in [6.45, 7) is 6.51. The fourth-order valence-corrected chi connectivity index (χ4v) is 3.69. The SMILES string of the molecule is CCNC(CS(=O)(=O)CC(=O)OC)c1cc(C)cc(C)c1. The van der Waals surface area contributed by atoms with Crippen LogP contribution in [0.2, 0.25) is 0 Å². The second-order valence-corrected chi connectivity index (χ2v) is 7.27. The first kappa shape index (κ1) is 17.7. The Balaban J connectivity index is 2.99. The molecule has 21 heavy (non-hydrogen) atoms. The lowest BCUT2D eigenvalue weighted by Crippen LogP contribution is -2.31. The van der Waals surface area contributed by atoms with E-state index in [1.165, 1.54) is 7.11 Å². The lowest BCUT2D eigenvalue weighted by molar-refractivity contribution is -0.137. The van der Waals surface area contributed by atoms with Crippen LogP contribution in [0.25, 0.3) is 0 Å². The molecule has 1 atom stereocenters. The van der Waals surface area contributed by atoms with Crippen molar-refractivity contribution in [2.24, 2.45) is 0 Å². The number of aryl methyl sites for hydroxylation is 2. The van der Waals surface area contributed by atoms with Crippen LogP contribution in [-0.4, -0.2) is 39.5 Å². The number of benzene rings is 1. The predicted molar refractivity (Wildman–Crippen MR) is 83.0 cm³/mol. The Morgan fingerprint density at radius 2 is 1.81 bits per heavy atom. The van der Waals surface area contributed by atoms with Crippen molar-refractivity contribution in [2.75, 3.05) is 25.2 Å². The number of methoxy groups -OCH3 is 1. The van der Waals surface area contributed by atoms with E-state index in [9.17, 15) is 13.2 Å². The van der Waals surface area contributed by atoms with Crippen molar-refractivity contribution in [3.63, 3.8) is 0 Å². The maximum atomic E-state index is 12.1. The minimum Gasteiger partial charge on any atom is -0.468 e. The zero-order chi connectivity index (χ0) is 16.0. The van der Waals surface area contributed by atoms with Gasteiger partial charge in [-0.05, 0) is 26.0 Å². The topological polar surface area (TPSA) is 72.5 Å². The molecule has 0 radical (unpaired) electrons. The number of rotatable bonds is 7. The smallest absolute Gasteiger partial charge is 0.320 e. The molecule has 0 heterocycles. The Morgan fingerprint density at radius 3 is 2.29 bits per heavy atom. The highest BCUT2D eigenvalue weighted by Gasteiger charge is 2.23. The summed E-state index contributed by atoms with van der Waals surface area (Å²) in [6.07, 6.45) is 0. The fourth-order valence-electron chi connectivity index (χ4n) is 2.28. The number of carbonyl (C=O) groups is 1. The highest BCUT2D eigenvalue weighted by Crippen LogP contribution is 2.19. The van der Waals surface area contributed by atoms with Crippen molar-refractivity contribution < 1.29 is 17.9 Å². The van der Waals surface area contributed by atoms with E-state index in [-0.39, 0.29) is 11.8 Å². The maximum Gasteiger partial charge on any atom is 0.320 e. The molecular weight excluding hydrogens is 290 g/mol. The Bertz CT molecular complexity index is 575. The number of carbonyl (C=O) groups excluding carboxylic acids is 1. The summed E-state index contributed by atoms with van der Waals surface area (Å²) in [6, 6.07) is 5.64. The zero-order valence-corrected chi connectivity index (χ0v) is 13.8. The molecule has 0 aliphatic carbocycles. The zero-order valence-electron chi connectivity index (χ0n) is 13.0. The Morgan fingerprint density at radius 1 is 1.24 bits per heavy atom. The van der Waals surface area contributed by atoms with Crippen LogP contribution in [0.5, 0.6) is 0 Å². The molecular formula is C15H23NO4S. The van der Waals surface area contributed by atoms with Gasteiger partial charge in [0, 0.05) is 6.04 Å². The van der Waals surface area contributed by atoms with Gasteiger partial charge in [-0.3, -0.25) is 4.79 Å². The van der Waals surface area contributed by atoms with Gasteiger partial charge in [0.2, 0.25) is 0 Å². The van der Waals surface area contributed by atoms with Crippen molar-refractivity contribution in [2.45, 2.75) is 26.8 Å². The molecule has 118 valence electrons. The van der Waals surface area contributed by atoms with E-state index >= 15 is 0 Å². The van der Waals surface area contributed by atoms with Crippen LogP contribution in [0.15, 0.2) is 18.2 Å². The van der Waals surface area contributed by atoms with E-state index in [0.29, 0.717) is 6.54 Å². The van der Waals surface area contributed by atoms with E-state index in [4.69, 9.17) is 0 Å². The quantitative estimate of drug-likeness (QED) is 0.773. The first-order valence-corrected chi connectivity index (χ1v) is 8.68. The Hall–Kier alpha value is -1.40. The number of ether oxygens (including phenoxy) is 1. The third-order valence-corrected chi connectivity index (χ3v) is 4.60. The molecule has 0 aliphatic rings. The number of hydrogen-bond acceptors (Lipinski definition) is 5. The van der Waals surface area contributed by atoms with E-state index in [1.54, 1.807) is 0 Å². The van der Waals surface area contributed by atoms with Crippen molar-refractivity contribution in [1.29, 1.82) is 0 Å². The first-order chi connectivity index (χ1) is 9.77. The molecule has 0 bridgehead atoms. The third kappa shape index (κ3) is 5.85. The minimum atomic E-state index is -3.53. The molecule has 0 saturated carbocycles. The summed E-state index contributed by atoms with van der Waals surface area (Å²) in [7, 11) is -2.34. The highest BCUT2D eigenvalue weighted by atomic mass is 32.2. The van der Waals surface area contributed by atoms with Gasteiger partial charge in [-0.2, -0.15) is 0 Å². The average Bonchev–Trinajstić information content (AvgIpc) is 2.36. The molecule has 0 amide bonds. The summed E-state index contributed by atoms with van der Waals surface area (Å²) in [5, 5.41) is 3.17. The van der Waals surface area contributed by atoms with Crippen molar-refractivity contribution in [3.8, 4) is 0 Å². The van der Waals surface area contributed by atoms with Crippen LogP contribution in [0, 0.1) is 13.8 Å². The standard InChI is InChI=1S/C15H23NO4S/c1-5-16-14(9-21(18,19)10-15(17)20-4)13-7-11(2)6-12(3)8-13/h6-8,14,16H,5,9-10H2,1-4H3. The summed E-state index contributed by atoms with van der Waals surface area (Å²) >= 11 is 0. The number of esters is 1. The number of hydrogen-bond donors (Lipinski definition) is 1. The molecule has 0 fully saturated rings. The molecule has 1 unspecified atom stereocenters. The molecule has 6 heteroatoms. The first-order valence-electron chi connectivity index (χ1n) is 6.86. The van der Waals surface area contributed by atoms with Crippen molar-refractivity contribution >= 4 is 15.8 Å². The Labute approximate surface area is 126 Å². The molecule has 1 rings (SSSR count). The average molecular weight is 313 g/mol. The summed E-state index contributed by atoms with van der Waals surface area (Å²) in [5.74, 6) is -1.44. The van der Waals surface area contributed by atoms with Gasteiger partial charge in [-0.25, -0.2) is 8.42 Å². The lowest BCUT2D eigenvalue weighted by Gasteiger charge is -2.19. The van der Waals surface area contributed by atoms with Crippen LogP contribution >= 0.6 is 0 Å². The van der Waals surface area contributed by atoms with Gasteiger partial charge in [0.25, 0.3) is 0 Å². The number of sulfone groups is 1. The highest BCUT2D eigenvalue weighted by molar-refractivity contribution is 7.92. The van der Waals surface area contributed by atoms with Crippen LogP contribution in [0.4, 0.5) is 0 Å². The van der Waals surface area contributed by atoms with Gasteiger partial charge in [-0.1, -0.05) is 36.2 Å². The van der Waals surface area contributed by atoms with Crippen molar-refractivity contribution in [3.05, 3.63) is 34.9 Å². The van der Waals surface area contributed by atoms with Crippen LogP contribution in [0.3, 0.4) is 0 Å². The van der Waals surface area contributed by atoms with Crippen LogP contribution in [-0.2, 0) is 19.4 Å². The fraction of sp³-hybridized carbons (Fsp3) is 0.533. The second kappa shape index (κ2) is 7.56. The Kier molecular flexibility index (Phi) is 6.36. The summed E-state index contributed by atoms with van der Waals surface area (Å²) in [4.78, 5) is 11.2. The second-order valence-electron chi connectivity index (χ2n) is 5.16. The van der Waals surface area contributed by atoms with E-state index in [1.807, 2.05) is 39.0 Å². The molecule has 1 aromatic rings. The molecule has 1 N–H and O–H groups in total. The normalized spacial score (nSPS) is 13.0. The molecule has 0 saturated heterocycles. The largest absolute Gasteiger partial charge is 0.468 e. The van der Waals surface area contributed by atoms with E-state index < -0.39 is 21.6 Å². The molecule has 0 spiro atoms. The molecule has 0 aromatic heterocycles. The third-order valence-electron chi connectivity index (χ3n) is 3.08. The summed E-state index contributed by atoms with van der Waals surface area (Å²) in [5.41, 5.74) is 3.08. The van der Waals surface area contributed by atoms with Gasteiger partial charge >= 0.3 is 5.97 Å². The minimum absolute atomic E-state index is 0.126. The van der Waals surface area contributed by atoms with Crippen LogP contribution in [0.1, 0.15) is 29.7 Å². The molecule has 0 aliphatic heterocycles. The van der Waals surface area contributed by atoms with Crippen molar-refractivity contribution in [1.82, 2.24) is 5.32 Å². The summed E-state index contributed by atoms with van der Waals surface area (Å²) < 4.78 is 28.6. The van der Waals surface area contributed by atoms with Gasteiger partial charge in [0.1, 0.15) is 5.75 Å².